The summed E-state index contributed by atoms with van der Waals surface area (Å²) in [7, 11) is 0. The van der Waals surface area contributed by atoms with Crippen LogP contribution in [0.4, 0.5) is 0 Å². The van der Waals surface area contributed by atoms with E-state index < -0.39 is 0 Å². The molecule has 0 radical (unpaired) electrons. The minimum absolute atomic E-state index is 0.271. The van der Waals surface area contributed by atoms with Crippen molar-refractivity contribution in [3.63, 3.8) is 0 Å². The highest BCUT2D eigenvalue weighted by molar-refractivity contribution is 7.17. The molecule has 1 atom stereocenters. The number of thiazole rings is 1. The molecule has 2 aromatic heterocycles. The zero-order chi connectivity index (χ0) is 13.7. The van der Waals surface area contributed by atoms with Crippen LogP contribution in [-0.2, 0) is 6.42 Å². The maximum absolute atomic E-state index is 4.52. The van der Waals surface area contributed by atoms with Crippen molar-refractivity contribution in [1.29, 1.82) is 0 Å². The largest absolute Gasteiger partial charge is 0.305 e. The first-order chi connectivity index (χ1) is 9.72. The molecule has 0 aliphatic carbocycles. The molecule has 1 unspecified atom stereocenters. The fraction of sp³-hybridized carbons (Fsp3) is 0.333. The number of fused-ring (bicyclic) bond motifs is 3. The number of nitrogens with zero attached hydrogens (tertiary/aromatic N) is 3. The summed E-state index contributed by atoms with van der Waals surface area (Å²) in [6, 6.07) is 9.04. The lowest BCUT2D eigenvalue weighted by molar-refractivity contribution is 0.561. The van der Waals surface area contributed by atoms with Crippen molar-refractivity contribution in [1.82, 2.24) is 19.9 Å². The van der Waals surface area contributed by atoms with Crippen molar-refractivity contribution in [3.8, 4) is 0 Å². The number of hydrogen-bond donors (Lipinski definition) is 1. The van der Waals surface area contributed by atoms with Crippen LogP contribution in [0.15, 0.2) is 24.3 Å². The summed E-state index contributed by atoms with van der Waals surface area (Å²) in [5.41, 5.74) is 3.93. The van der Waals surface area contributed by atoms with E-state index in [0.29, 0.717) is 0 Å². The maximum Gasteiger partial charge on any atom is 0.212 e. The van der Waals surface area contributed by atoms with Gasteiger partial charge in [0.15, 0.2) is 0 Å². The second-order valence-corrected chi connectivity index (χ2v) is 6.32. The molecular weight excluding hydrogens is 268 g/mol. The van der Waals surface area contributed by atoms with Crippen LogP contribution < -0.4 is 5.32 Å². The number of aromatic nitrogens is 3. The van der Waals surface area contributed by atoms with Gasteiger partial charge in [-0.15, -0.1) is 0 Å². The van der Waals surface area contributed by atoms with E-state index in [2.05, 4.69) is 46.6 Å². The first-order valence-corrected chi connectivity index (χ1v) is 7.69. The molecule has 1 aromatic carbocycles. The zero-order valence-corrected chi connectivity index (χ0v) is 12.4. The van der Waals surface area contributed by atoms with E-state index in [0.717, 1.165) is 23.8 Å². The summed E-state index contributed by atoms with van der Waals surface area (Å²) in [6.07, 6.45) is 1.01. The Morgan fingerprint density at radius 2 is 2.05 bits per heavy atom. The van der Waals surface area contributed by atoms with Crippen molar-refractivity contribution in [2.75, 3.05) is 6.54 Å². The minimum Gasteiger partial charge on any atom is -0.305 e. The van der Waals surface area contributed by atoms with E-state index in [4.69, 9.17) is 0 Å². The Kier molecular flexibility index (Phi) is 2.65. The monoisotopic (exact) mass is 284 g/mol. The fourth-order valence-corrected chi connectivity index (χ4v) is 4.07. The molecule has 20 heavy (non-hydrogen) atoms. The van der Waals surface area contributed by atoms with Gasteiger partial charge in [-0.2, -0.15) is 5.10 Å². The van der Waals surface area contributed by atoms with E-state index >= 15 is 0 Å². The van der Waals surface area contributed by atoms with Crippen LogP contribution in [0.25, 0.3) is 4.96 Å². The van der Waals surface area contributed by atoms with Crippen molar-refractivity contribution < 1.29 is 0 Å². The minimum atomic E-state index is 0.271. The summed E-state index contributed by atoms with van der Waals surface area (Å²) in [6.45, 7) is 5.05. The lowest BCUT2D eigenvalue weighted by Gasteiger charge is -2.24. The second-order valence-electron chi connectivity index (χ2n) is 5.31. The molecule has 0 spiro atoms. The van der Waals surface area contributed by atoms with Crippen LogP contribution >= 0.6 is 11.3 Å². The first kappa shape index (κ1) is 12.1. The molecule has 5 heteroatoms. The highest BCUT2D eigenvalue weighted by Crippen LogP contribution is 2.34. The molecule has 4 rings (SSSR count). The number of nitrogens with one attached hydrogen (secondary N) is 1. The molecule has 4 nitrogen and oxygen atoms in total. The van der Waals surface area contributed by atoms with Gasteiger partial charge >= 0.3 is 0 Å². The van der Waals surface area contributed by atoms with Crippen LogP contribution in [0.2, 0.25) is 0 Å². The Labute approximate surface area is 121 Å². The topological polar surface area (TPSA) is 42.2 Å². The molecule has 1 aliphatic heterocycles. The molecule has 0 saturated heterocycles. The standard InChI is InChI=1S/C15H16N4S/c1-9-3-5-11(6-4-9)13-14-12(7-8-16-13)19-15(20-14)17-10(2)18-19/h3-6,13,16H,7-8H2,1-2H3. The number of benzene rings is 1. The average molecular weight is 284 g/mol. The van der Waals surface area contributed by atoms with Crippen molar-refractivity contribution in [2.45, 2.75) is 26.3 Å². The Morgan fingerprint density at radius 1 is 1.25 bits per heavy atom. The molecule has 0 fully saturated rings. The van der Waals surface area contributed by atoms with Crippen molar-refractivity contribution in [3.05, 3.63) is 51.8 Å². The second kappa shape index (κ2) is 4.40. The van der Waals surface area contributed by atoms with Gasteiger partial charge < -0.3 is 5.32 Å². The van der Waals surface area contributed by atoms with Crippen LogP contribution in [0.1, 0.15) is 33.6 Å². The zero-order valence-electron chi connectivity index (χ0n) is 11.6. The normalized spacial score (nSPS) is 18.4. The Morgan fingerprint density at radius 3 is 2.85 bits per heavy atom. The Bertz CT molecular complexity index is 769. The molecule has 3 heterocycles. The predicted octanol–water partition coefficient (Wildman–Crippen LogP) is 2.64. The third kappa shape index (κ3) is 1.77. The highest BCUT2D eigenvalue weighted by Gasteiger charge is 2.27. The molecule has 0 bridgehead atoms. The summed E-state index contributed by atoms with van der Waals surface area (Å²) in [5, 5.41) is 8.13. The average Bonchev–Trinajstić information content (AvgIpc) is 2.95. The van der Waals surface area contributed by atoms with Gasteiger partial charge in [-0.25, -0.2) is 9.50 Å². The SMILES string of the molecule is Cc1ccc(C2NCCc3c2sc2nc(C)nn32)cc1. The van der Waals surface area contributed by atoms with E-state index in [1.807, 2.05) is 11.4 Å². The van der Waals surface area contributed by atoms with Crippen LogP contribution in [-0.4, -0.2) is 21.1 Å². The molecule has 1 aliphatic rings. The molecule has 1 N–H and O–H groups in total. The summed E-state index contributed by atoms with van der Waals surface area (Å²) in [5.74, 6) is 0.851. The molecule has 102 valence electrons. The van der Waals surface area contributed by atoms with E-state index in [-0.39, 0.29) is 6.04 Å². The van der Waals surface area contributed by atoms with Crippen LogP contribution in [0.3, 0.4) is 0 Å². The van der Waals surface area contributed by atoms with E-state index in [1.165, 1.54) is 21.7 Å². The number of rotatable bonds is 1. The van der Waals surface area contributed by atoms with Crippen molar-refractivity contribution in [2.24, 2.45) is 0 Å². The lowest BCUT2D eigenvalue weighted by atomic mass is 9.99. The third-order valence-corrected chi connectivity index (χ3v) is 4.95. The molecular formula is C15H16N4S. The molecule has 3 aromatic rings. The Hall–Kier alpha value is -1.72. The van der Waals surface area contributed by atoms with E-state index in [1.54, 1.807) is 11.3 Å². The van der Waals surface area contributed by atoms with Gasteiger partial charge in [0.05, 0.1) is 16.6 Å². The number of hydrogen-bond acceptors (Lipinski definition) is 4. The predicted molar refractivity (Wildman–Crippen MR) is 80.3 cm³/mol. The molecule has 0 amide bonds. The van der Waals surface area contributed by atoms with Gasteiger partial charge in [0.1, 0.15) is 5.82 Å². The summed E-state index contributed by atoms with van der Waals surface area (Å²) in [4.78, 5) is 6.87. The smallest absolute Gasteiger partial charge is 0.212 e. The highest BCUT2D eigenvalue weighted by atomic mass is 32.1. The Balaban J connectivity index is 1.85. The van der Waals surface area contributed by atoms with Crippen LogP contribution in [0.5, 0.6) is 0 Å². The molecule has 0 saturated carbocycles. The lowest BCUT2D eigenvalue weighted by Crippen LogP contribution is -2.30. The van der Waals surface area contributed by atoms with Gasteiger partial charge in [0.25, 0.3) is 0 Å². The first-order valence-electron chi connectivity index (χ1n) is 6.87. The van der Waals surface area contributed by atoms with Crippen LogP contribution in [0, 0.1) is 13.8 Å². The maximum atomic E-state index is 4.52. The van der Waals surface area contributed by atoms with E-state index in [9.17, 15) is 0 Å². The number of aryl methyl sites for hydroxylation is 2. The summed E-state index contributed by atoms with van der Waals surface area (Å²) < 4.78 is 2.03. The van der Waals surface area contributed by atoms with Gasteiger partial charge in [-0.3, -0.25) is 0 Å². The van der Waals surface area contributed by atoms with Gasteiger partial charge in [0.2, 0.25) is 4.96 Å². The third-order valence-electron chi connectivity index (χ3n) is 3.81. The quantitative estimate of drug-likeness (QED) is 0.747. The summed E-state index contributed by atoms with van der Waals surface area (Å²) >= 11 is 1.75. The van der Waals surface area contributed by atoms with Gasteiger partial charge in [0, 0.05) is 13.0 Å². The van der Waals surface area contributed by atoms with Crippen molar-refractivity contribution >= 4 is 16.3 Å². The fourth-order valence-electron chi connectivity index (χ4n) is 2.81. The van der Waals surface area contributed by atoms with Gasteiger partial charge in [-0.1, -0.05) is 41.2 Å². The van der Waals surface area contributed by atoms with Gasteiger partial charge in [-0.05, 0) is 19.4 Å².